The van der Waals surface area contributed by atoms with Crippen LogP contribution in [0.5, 0.6) is 11.5 Å². The highest BCUT2D eigenvalue weighted by atomic mass is 16.5. The van der Waals surface area contributed by atoms with Gasteiger partial charge in [-0.3, -0.25) is 4.68 Å². The van der Waals surface area contributed by atoms with Crippen LogP contribution in [-0.2, 0) is 13.6 Å². The standard InChI is InChI=1S/C14H19N5O2/c1-19-8-7-13(18-19)17-14(15)16-9-10-11(20-2)5-4-6-12(10)21-3/h4-8H,9H2,1-3H3,(H3,15,16,17,18). The minimum absolute atomic E-state index is 0.279. The monoisotopic (exact) mass is 289 g/mol. The average Bonchev–Trinajstić information content (AvgIpc) is 2.89. The Balaban J connectivity index is 2.12. The van der Waals surface area contributed by atoms with Crippen molar-refractivity contribution in [3.8, 4) is 11.5 Å². The van der Waals surface area contributed by atoms with Gasteiger partial charge in [-0.1, -0.05) is 6.07 Å². The fourth-order valence-corrected chi connectivity index (χ4v) is 1.90. The van der Waals surface area contributed by atoms with E-state index in [-0.39, 0.29) is 5.96 Å². The summed E-state index contributed by atoms with van der Waals surface area (Å²) in [5.41, 5.74) is 6.69. The molecular weight excluding hydrogens is 270 g/mol. The van der Waals surface area contributed by atoms with E-state index in [0.29, 0.717) is 23.9 Å². The van der Waals surface area contributed by atoms with Crippen LogP contribution in [0.15, 0.2) is 35.5 Å². The van der Waals surface area contributed by atoms with Crippen LogP contribution in [-0.4, -0.2) is 30.0 Å². The molecule has 0 amide bonds. The zero-order valence-electron chi connectivity index (χ0n) is 12.3. The maximum Gasteiger partial charge on any atom is 0.194 e. The van der Waals surface area contributed by atoms with E-state index in [9.17, 15) is 0 Å². The number of nitrogens with one attached hydrogen (secondary N) is 1. The van der Waals surface area contributed by atoms with Crippen molar-refractivity contribution in [3.63, 3.8) is 0 Å². The van der Waals surface area contributed by atoms with Gasteiger partial charge in [0.15, 0.2) is 11.8 Å². The van der Waals surface area contributed by atoms with E-state index >= 15 is 0 Å². The third-order valence-corrected chi connectivity index (χ3v) is 2.91. The first-order valence-electron chi connectivity index (χ1n) is 6.40. The summed E-state index contributed by atoms with van der Waals surface area (Å²) < 4.78 is 12.3. The number of guanidine groups is 1. The van der Waals surface area contributed by atoms with Gasteiger partial charge in [-0.15, -0.1) is 0 Å². The Morgan fingerprint density at radius 1 is 1.29 bits per heavy atom. The van der Waals surface area contributed by atoms with Crippen LogP contribution in [0.3, 0.4) is 0 Å². The van der Waals surface area contributed by atoms with Gasteiger partial charge in [0.2, 0.25) is 0 Å². The van der Waals surface area contributed by atoms with Crippen molar-refractivity contribution in [1.82, 2.24) is 9.78 Å². The van der Waals surface area contributed by atoms with Gasteiger partial charge in [-0.05, 0) is 12.1 Å². The Labute approximate surface area is 123 Å². The van der Waals surface area contributed by atoms with E-state index in [1.165, 1.54) is 0 Å². The number of nitrogens with zero attached hydrogens (tertiary/aromatic N) is 3. The average molecular weight is 289 g/mol. The zero-order chi connectivity index (χ0) is 15.2. The molecule has 0 radical (unpaired) electrons. The fraction of sp³-hybridized carbons (Fsp3) is 0.286. The predicted octanol–water partition coefficient (Wildman–Crippen LogP) is 1.36. The molecule has 3 N–H and O–H groups in total. The van der Waals surface area contributed by atoms with Crippen LogP contribution in [0.25, 0.3) is 0 Å². The van der Waals surface area contributed by atoms with Crippen LogP contribution in [0.1, 0.15) is 5.56 Å². The van der Waals surface area contributed by atoms with Crippen molar-refractivity contribution in [1.29, 1.82) is 0 Å². The van der Waals surface area contributed by atoms with E-state index in [2.05, 4.69) is 15.4 Å². The number of hydrogen-bond acceptors (Lipinski definition) is 4. The van der Waals surface area contributed by atoms with Crippen LogP contribution >= 0.6 is 0 Å². The summed E-state index contributed by atoms with van der Waals surface area (Å²) in [7, 11) is 5.05. The van der Waals surface area contributed by atoms with E-state index in [1.807, 2.05) is 37.5 Å². The van der Waals surface area contributed by atoms with Gasteiger partial charge >= 0.3 is 0 Å². The lowest BCUT2D eigenvalue weighted by molar-refractivity contribution is 0.385. The van der Waals surface area contributed by atoms with Gasteiger partial charge in [0, 0.05) is 19.3 Å². The summed E-state index contributed by atoms with van der Waals surface area (Å²) in [6.45, 7) is 0.346. The maximum absolute atomic E-state index is 5.85. The molecule has 0 aliphatic carbocycles. The van der Waals surface area contributed by atoms with Crippen molar-refractivity contribution >= 4 is 11.8 Å². The summed E-state index contributed by atoms with van der Waals surface area (Å²) in [5, 5.41) is 7.09. The number of aromatic nitrogens is 2. The van der Waals surface area contributed by atoms with Crippen LogP contribution in [0.4, 0.5) is 5.82 Å². The molecule has 0 fully saturated rings. The first-order valence-corrected chi connectivity index (χ1v) is 6.40. The first kappa shape index (κ1) is 14.7. The summed E-state index contributed by atoms with van der Waals surface area (Å²) in [6, 6.07) is 7.39. The van der Waals surface area contributed by atoms with Gasteiger partial charge in [0.25, 0.3) is 0 Å². The molecule has 0 saturated heterocycles. The molecule has 0 bridgehead atoms. The molecule has 7 nitrogen and oxygen atoms in total. The number of methoxy groups -OCH3 is 2. The highest BCUT2D eigenvalue weighted by Crippen LogP contribution is 2.28. The Kier molecular flexibility index (Phi) is 4.65. The number of anilines is 1. The molecule has 0 spiro atoms. The molecule has 7 heteroatoms. The van der Waals surface area contributed by atoms with Gasteiger partial charge in [0.05, 0.1) is 26.3 Å². The molecule has 112 valence electrons. The number of rotatable bonds is 5. The number of hydrogen-bond donors (Lipinski definition) is 2. The van der Waals surface area contributed by atoms with Crippen molar-refractivity contribution in [2.75, 3.05) is 19.5 Å². The third-order valence-electron chi connectivity index (χ3n) is 2.91. The van der Waals surface area contributed by atoms with Gasteiger partial charge in [0.1, 0.15) is 11.5 Å². The molecule has 0 atom stereocenters. The lowest BCUT2D eigenvalue weighted by Crippen LogP contribution is -2.23. The second kappa shape index (κ2) is 6.65. The van der Waals surface area contributed by atoms with Gasteiger partial charge in [-0.2, -0.15) is 5.10 Å². The van der Waals surface area contributed by atoms with Crippen molar-refractivity contribution in [3.05, 3.63) is 36.0 Å². The Hall–Kier alpha value is -2.70. The number of nitrogens with two attached hydrogens (primary N) is 1. The molecule has 1 aromatic heterocycles. The predicted molar refractivity (Wildman–Crippen MR) is 81.7 cm³/mol. The highest BCUT2D eigenvalue weighted by molar-refractivity contribution is 5.91. The van der Waals surface area contributed by atoms with Crippen molar-refractivity contribution < 1.29 is 9.47 Å². The SMILES string of the molecule is COc1cccc(OC)c1CN=C(N)Nc1ccn(C)n1. The lowest BCUT2D eigenvalue weighted by Gasteiger charge is -2.11. The lowest BCUT2D eigenvalue weighted by atomic mass is 10.2. The van der Waals surface area contributed by atoms with Crippen molar-refractivity contribution in [2.45, 2.75) is 6.54 Å². The number of benzene rings is 1. The normalized spacial score (nSPS) is 11.3. The van der Waals surface area contributed by atoms with E-state index in [0.717, 1.165) is 5.56 Å². The van der Waals surface area contributed by atoms with E-state index in [4.69, 9.17) is 15.2 Å². The molecule has 2 aromatic rings. The van der Waals surface area contributed by atoms with Gasteiger partial charge in [-0.25, -0.2) is 4.99 Å². The first-order chi connectivity index (χ1) is 10.1. The minimum Gasteiger partial charge on any atom is -0.496 e. The fourth-order valence-electron chi connectivity index (χ4n) is 1.90. The van der Waals surface area contributed by atoms with Gasteiger partial charge < -0.3 is 20.5 Å². The summed E-state index contributed by atoms with van der Waals surface area (Å²) in [6.07, 6.45) is 1.82. The largest absolute Gasteiger partial charge is 0.496 e. The molecule has 1 heterocycles. The zero-order valence-corrected chi connectivity index (χ0v) is 12.3. The smallest absolute Gasteiger partial charge is 0.194 e. The molecule has 0 saturated carbocycles. The van der Waals surface area contributed by atoms with E-state index < -0.39 is 0 Å². The Morgan fingerprint density at radius 3 is 2.48 bits per heavy atom. The number of aryl methyl sites for hydroxylation is 1. The second-order valence-electron chi connectivity index (χ2n) is 4.34. The molecule has 1 aromatic carbocycles. The number of aliphatic imine (C=N–C) groups is 1. The molecule has 0 aliphatic heterocycles. The van der Waals surface area contributed by atoms with Crippen molar-refractivity contribution in [2.24, 2.45) is 17.8 Å². The summed E-state index contributed by atoms with van der Waals surface area (Å²) in [5.74, 6) is 2.35. The van der Waals surface area contributed by atoms with Crippen LogP contribution in [0, 0.1) is 0 Å². The molecule has 2 rings (SSSR count). The summed E-state index contributed by atoms with van der Waals surface area (Å²) in [4.78, 5) is 4.29. The molecular formula is C14H19N5O2. The highest BCUT2D eigenvalue weighted by Gasteiger charge is 2.09. The Bertz CT molecular complexity index is 614. The summed E-state index contributed by atoms with van der Waals surface area (Å²) >= 11 is 0. The third kappa shape index (κ3) is 3.65. The topological polar surface area (TPSA) is 86.7 Å². The molecule has 0 unspecified atom stereocenters. The van der Waals surface area contributed by atoms with Crippen LogP contribution in [0.2, 0.25) is 0 Å². The minimum atomic E-state index is 0.279. The van der Waals surface area contributed by atoms with Crippen LogP contribution < -0.4 is 20.5 Å². The number of ether oxygens (including phenoxy) is 2. The quantitative estimate of drug-likeness (QED) is 0.641. The van der Waals surface area contributed by atoms with E-state index in [1.54, 1.807) is 18.9 Å². The maximum atomic E-state index is 5.85. The Morgan fingerprint density at radius 2 is 1.95 bits per heavy atom. The molecule has 0 aliphatic rings. The second-order valence-corrected chi connectivity index (χ2v) is 4.34. The molecule has 21 heavy (non-hydrogen) atoms.